The maximum Gasteiger partial charge on any atom is 0.0558 e. The van der Waals surface area contributed by atoms with Gasteiger partial charge in [0, 0.05) is 6.54 Å². The highest BCUT2D eigenvalue weighted by atomic mass is 35.5. The minimum absolute atomic E-state index is 0. The van der Waals surface area contributed by atoms with E-state index in [0.29, 0.717) is 0 Å². The fourth-order valence-electron chi connectivity index (χ4n) is 0.681. The summed E-state index contributed by atoms with van der Waals surface area (Å²) >= 11 is 0. The largest absolute Gasteiger partial charge is 0.395 e. The molecule has 0 aliphatic rings. The number of likely N-dealkylation sites (N-methyl/N-ethyl adjacent to an activating group) is 1. The molecule has 0 heterocycles. The molecule has 0 saturated heterocycles. The van der Waals surface area contributed by atoms with Crippen LogP contribution in [0.4, 0.5) is 0 Å². The van der Waals surface area contributed by atoms with Gasteiger partial charge in [-0.3, -0.25) is 0 Å². The number of hydrogen-bond donors (Lipinski definition) is 1. The van der Waals surface area contributed by atoms with Crippen molar-refractivity contribution >= 4 is 12.4 Å². The first kappa shape index (κ1) is 11.9. The van der Waals surface area contributed by atoms with Crippen molar-refractivity contribution in [3.05, 3.63) is 0 Å². The predicted octanol–water partition coefficient (Wildman–Crippen LogP) is 0.742. The van der Waals surface area contributed by atoms with Crippen LogP contribution >= 0.6 is 12.4 Å². The minimum Gasteiger partial charge on any atom is -0.395 e. The van der Waals surface area contributed by atoms with Crippen molar-refractivity contribution in [2.45, 2.75) is 13.8 Å². The summed E-state index contributed by atoms with van der Waals surface area (Å²) in [5.41, 5.74) is 0. The first-order valence-corrected chi connectivity index (χ1v) is 3.18. The minimum atomic E-state index is 0. The Hall–Kier alpha value is 0.210. The highest BCUT2D eigenvalue weighted by molar-refractivity contribution is 5.85. The Kier molecular flexibility index (Phi) is 10.9. The lowest BCUT2D eigenvalue weighted by molar-refractivity contribution is 0.208. The van der Waals surface area contributed by atoms with Crippen LogP contribution in [0.2, 0.25) is 0 Å². The molecule has 0 unspecified atom stereocenters. The van der Waals surface area contributed by atoms with E-state index >= 15 is 0 Å². The average molecular weight is 154 g/mol. The van der Waals surface area contributed by atoms with E-state index in [9.17, 15) is 0 Å². The number of rotatable bonds is 4. The fourth-order valence-corrected chi connectivity index (χ4v) is 0.681. The lowest BCUT2D eigenvalue weighted by Gasteiger charge is -2.15. The second-order valence-electron chi connectivity index (χ2n) is 1.75. The highest BCUT2D eigenvalue weighted by Gasteiger charge is 1.93. The van der Waals surface area contributed by atoms with Crippen molar-refractivity contribution in [3.8, 4) is 0 Å². The van der Waals surface area contributed by atoms with Gasteiger partial charge in [-0.25, -0.2) is 0 Å². The molecule has 0 saturated carbocycles. The Bertz CT molecular complexity index is 48.3. The van der Waals surface area contributed by atoms with E-state index in [0.717, 1.165) is 19.6 Å². The third-order valence-electron chi connectivity index (χ3n) is 1.31. The molecule has 0 aromatic heterocycles. The van der Waals surface area contributed by atoms with Crippen molar-refractivity contribution in [1.82, 2.24) is 4.90 Å². The molecule has 1 N–H and O–H groups in total. The number of aliphatic hydroxyl groups is 1. The van der Waals surface area contributed by atoms with Crippen molar-refractivity contribution in [3.63, 3.8) is 0 Å². The number of aliphatic hydroxyl groups excluding tert-OH is 1. The third-order valence-corrected chi connectivity index (χ3v) is 1.31. The van der Waals surface area contributed by atoms with Gasteiger partial charge in [-0.05, 0) is 13.1 Å². The van der Waals surface area contributed by atoms with Crippen molar-refractivity contribution in [1.29, 1.82) is 0 Å². The molecule has 0 aromatic carbocycles. The Morgan fingerprint density at radius 3 is 1.78 bits per heavy atom. The standard InChI is InChI=1S/C6H15NO.ClH/c1-3-7(4-2)5-6-8;/h8H,3-6H2,1-2H3;1H. The highest BCUT2D eigenvalue weighted by Crippen LogP contribution is 1.82. The molecule has 3 heteroatoms. The van der Waals surface area contributed by atoms with E-state index in [1.54, 1.807) is 0 Å². The SMILES string of the molecule is CCN(CC)CCO.Cl. The molecule has 0 atom stereocenters. The van der Waals surface area contributed by atoms with E-state index < -0.39 is 0 Å². The molecule has 0 aromatic rings. The summed E-state index contributed by atoms with van der Waals surface area (Å²) in [4.78, 5) is 2.18. The Balaban J connectivity index is 0. The van der Waals surface area contributed by atoms with Gasteiger partial charge in [0.05, 0.1) is 6.61 Å². The van der Waals surface area contributed by atoms with Crippen molar-refractivity contribution < 1.29 is 5.11 Å². The van der Waals surface area contributed by atoms with Gasteiger partial charge >= 0.3 is 0 Å². The molecule has 0 rings (SSSR count). The van der Waals surface area contributed by atoms with Gasteiger partial charge in [0.25, 0.3) is 0 Å². The molecule has 9 heavy (non-hydrogen) atoms. The van der Waals surface area contributed by atoms with E-state index in [-0.39, 0.29) is 19.0 Å². The van der Waals surface area contributed by atoms with E-state index in [4.69, 9.17) is 5.11 Å². The smallest absolute Gasteiger partial charge is 0.0558 e. The summed E-state index contributed by atoms with van der Waals surface area (Å²) in [6, 6.07) is 0. The van der Waals surface area contributed by atoms with Gasteiger partial charge in [-0.1, -0.05) is 13.8 Å². The molecule has 0 amide bonds. The number of halogens is 1. The topological polar surface area (TPSA) is 23.5 Å². The predicted molar refractivity (Wildman–Crippen MR) is 42.1 cm³/mol. The van der Waals surface area contributed by atoms with E-state index in [1.807, 2.05) is 0 Å². The molecule has 0 radical (unpaired) electrons. The molecule has 0 fully saturated rings. The summed E-state index contributed by atoms with van der Waals surface area (Å²) < 4.78 is 0. The first-order valence-electron chi connectivity index (χ1n) is 3.18. The molecule has 2 nitrogen and oxygen atoms in total. The molecule has 58 valence electrons. The lowest BCUT2D eigenvalue weighted by Crippen LogP contribution is -2.25. The molecule has 0 bridgehead atoms. The zero-order valence-electron chi connectivity index (χ0n) is 6.13. The summed E-state index contributed by atoms with van der Waals surface area (Å²) in [5, 5.41) is 8.46. The average Bonchev–Trinajstić information content (AvgIpc) is 1.83. The van der Waals surface area contributed by atoms with Crippen LogP contribution in [0.15, 0.2) is 0 Å². The third kappa shape index (κ3) is 6.09. The second kappa shape index (κ2) is 8.21. The van der Waals surface area contributed by atoms with Crippen LogP contribution in [0, 0.1) is 0 Å². The monoisotopic (exact) mass is 153 g/mol. The molecule has 0 aliphatic carbocycles. The van der Waals surface area contributed by atoms with Crippen LogP contribution in [0.25, 0.3) is 0 Å². The van der Waals surface area contributed by atoms with Gasteiger partial charge in [0.1, 0.15) is 0 Å². The normalized spacial score (nSPS) is 9.33. The zero-order valence-corrected chi connectivity index (χ0v) is 6.95. The maximum atomic E-state index is 8.46. The molecule has 0 spiro atoms. The molecule has 0 aliphatic heterocycles. The van der Waals surface area contributed by atoms with E-state index in [1.165, 1.54) is 0 Å². The Morgan fingerprint density at radius 2 is 1.67 bits per heavy atom. The first-order chi connectivity index (χ1) is 3.85. The molecular weight excluding hydrogens is 138 g/mol. The van der Waals surface area contributed by atoms with Gasteiger partial charge in [-0.15, -0.1) is 12.4 Å². The summed E-state index contributed by atoms with van der Waals surface area (Å²) in [7, 11) is 0. The number of hydrogen-bond acceptors (Lipinski definition) is 2. The van der Waals surface area contributed by atoms with Crippen LogP contribution in [-0.2, 0) is 0 Å². The fraction of sp³-hybridized carbons (Fsp3) is 1.00. The quantitative estimate of drug-likeness (QED) is 0.644. The summed E-state index contributed by atoms with van der Waals surface area (Å²) in [6.45, 7) is 7.36. The van der Waals surface area contributed by atoms with Crippen LogP contribution < -0.4 is 0 Å². The van der Waals surface area contributed by atoms with Gasteiger partial charge < -0.3 is 10.0 Å². The maximum absolute atomic E-state index is 8.46. The van der Waals surface area contributed by atoms with Gasteiger partial charge in [-0.2, -0.15) is 0 Å². The second-order valence-corrected chi connectivity index (χ2v) is 1.75. The number of nitrogens with zero attached hydrogens (tertiary/aromatic N) is 1. The lowest BCUT2D eigenvalue weighted by atomic mass is 10.5. The van der Waals surface area contributed by atoms with Crippen LogP contribution in [0.1, 0.15) is 13.8 Å². The van der Waals surface area contributed by atoms with Gasteiger partial charge in [0.15, 0.2) is 0 Å². The van der Waals surface area contributed by atoms with Crippen molar-refractivity contribution in [2.24, 2.45) is 0 Å². The van der Waals surface area contributed by atoms with Crippen LogP contribution in [0.5, 0.6) is 0 Å². The van der Waals surface area contributed by atoms with Crippen molar-refractivity contribution in [2.75, 3.05) is 26.2 Å². The summed E-state index contributed by atoms with van der Waals surface area (Å²) in [6.07, 6.45) is 0. The van der Waals surface area contributed by atoms with Crippen LogP contribution in [0.3, 0.4) is 0 Å². The van der Waals surface area contributed by atoms with Gasteiger partial charge in [0.2, 0.25) is 0 Å². The summed E-state index contributed by atoms with van der Waals surface area (Å²) in [5.74, 6) is 0. The molecular formula is C6H16ClNO. The Labute approximate surface area is 63.3 Å². The zero-order chi connectivity index (χ0) is 6.41. The van der Waals surface area contributed by atoms with E-state index in [2.05, 4.69) is 18.7 Å². The van der Waals surface area contributed by atoms with Crippen LogP contribution in [-0.4, -0.2) is 36.2 Å². The Morgan fingerprint density at radius 1 is 1.22 bits per heavy atom.